The summed E-state index contributed by atoms with van der Waals surface area (Å²) >= 11 is 0. The van der Waals surface area contributed by atoms with Crippen molar-refractivity contribution in [1.82, 2.24) is 14.9 Å². The summed E-state index contributed by atoms with van der Waals surface area (Å²) in [5, 5.41) is 0. The van der Waals surface area contributed by atoms with Gasteiger partial charge in [-0.3, -0.25) is 4.90 Å². The zero-order valence-corrected chi connectivity index (χ0v) is 12.9. The lowest BCUT2D eigenvalue weighted by atomic mass is 10.3. The number of hydrogen-bond donors (Lipinski definition) is 0. The number of aromatic nitrogens is 2. The van der Waals surface area contributed by atoms with Gasteiger partial charge >= 0.3 is 6.03 Å². The topological polar surface area (TPSA) is 49.3 Å². The molecule has 23 heavy (non-hydrogen) atoms. The Kier molecular flexibility index (Phi) is 2.88. The zero-order valence-electron chi connectivity index (χ0n) is 12.9. The number of fused-ring (bicyclic) bond motifs is 1. The normalized spacial score (nSPS) is 18.3. The largest absolute Gasteiger partial charge is 0.327 e. The summed E-state index contributed by atoms with van der Waals surface area (Å²) in [5.41, 5.74) is 3.37. The number of carbonyl (C=O) groups excluding carboxylic acids is 1. The van der Waals surface area contributed by atoms with Crippen LogP contribution in [0.5, 0.6) is 0 Å². The van der Waals surface area contributed by atoms with Gasteiger partial charge in [0.25, 0.3) is 0 Å². The number of terminal acetylenes is 1. The number of amides is 2. The average Bonchev–Trinajstić information content (AvgIpc) is 3.48. The number of rotatable bonds is 1. The first-order valence-electron chi connectivity index (χ1n) is 7.58. The lowest BCUT2D eigenvalue weighted by Crippen LogP contribution is -2.32. The fourth-order valence-electron chi connectivity index (χ4n) is 2.88. The van der Waals surface area contributed by atoms with E-state index < -0.39 is 0 Å². The molecule has 2 amide bonds. The second-order valence-electron chi connectivity index (χ2n) is 6.12. The molecule has 0 N–H and O–H groups in total. The molecule has 1 saturated carbocycles. The van der Waals surface area contributed by atoms with E-state index in [-0.39, 0.29) is 11.6 Å². The van der Waals surface area contributed by atoms with Crippen LogP contribution in [0, 0.1) is 12.3 Å². The number of hydrogen-bond acceptors (Lipinski definition) is 3. The van der Waals surface area contributed by atoms with Gasteiger partial charge in [0.05, 0.1) is 12.1 Å². The van der Waals surface area contributed by atoms with E-state index in [0.717, 1.165) is 12.8 Å². The molecule has 1 saturated heterocycles. The Morgan fingerprint density at radius 1 is 1.26 bits per heavy atom. The van der Waals surface area contributed by atoms with Crippen molar-refractivity contribution in [3.8, 4) is 23.5 Å². The van der Waals surface area contributed by atoms with Gasteiger partial charge in [-0.05, 0) is 36.1 Å². The van der Waals surface area contributed by atoms with Crippen molar-refractivity contribution in [3.05, 3.63) is 42.2 Å². The number of benzene rings is 1. The molecule has 5 nitrogen and oxygen atoms in total. The van der Waals surface area contributed by atoms with Gasteiger partial charge in [-0.2, -0.15) is 0 Å². The van der Waals surface area contributed by atoms with E-state index in [0.29, 0.717) is 18.2 Å². The Bertz CT molecular complexity index is 818. The number of anilines is 1. The molecule has 0 atom stereocenters. The van der Waals surface area contributed by atoms with E-state index in [4.69, 9.17) is 6.42 Å². The number of nitrogens with zero attached hydrogens (tertiary/aromatic N) is 4. The Morgan fingerprint density at radius 3 is 2.48 bits per heavy atom. The van der Waals surface area contributed by atoms with Crippen LogP contribution < -0.4 is 4.90 Å². The van der Waals surface area contributed by atoms with Crippen molar-refractivity contribution >= 4 is 12.0 Å². The Balaban J connectivity index is 0.000000186. The maximum Gasteiger partial charge on any atom is 0.327 e. The maximum atomic E-state index is 12.1. The molecule has 4 aliphatic rings. The molecule has 0 bridgehead atoms. The fourth-order valence-corrected chi connectivity index (χ4v) is 2.88. The molecule has 1 aromatic rings. The van der Waals surface area contributed by atoms with Gasteiger partial charge in [0, 0.05) is 13.2 Å². The van der Waals surface area contributed by atoms with Crippen LogP contribution in [0.15, 0.2) is 36.5 Å². The number of likely N-dealkylation sites (N-methyl/N-ethyl adjacent to an activating group) is 1. The summed E-state index contributed by atoms with van der Waals surface area (Å²) in [6.07, 6.45) is 8.99. The van der Waals surface area contributed by atoms with Crippen LogP contribution in [0.25, 0.3) is 11.1 Å². The van der Waals surface area contributed by atoms with Crippen LogP contribution in [-0.4, -0.2) is 40.0 Å². The maximum absolute atomic E-state index is 12.1. The number of urea groups is 1. The van der Waals surface area contributed by atoms with Crippen molar-refractivity contribution in [2.75, 3.05) is 18.5 Å². The van der Waals surface area contributed by atoms with Crippen LogP contribution in [-0.2, 0) is 0 Å². The van der Waals surface area contributed by atoms with E-state index in [9.17, 15) is 4.79 Å². The van der Waals surface area contributed by atoms with Crippen LogP contribution in [0.4, 0.5) is 10.7 Å². The van der Waals surface area contributed by atoms with Crippen LogP contribution in [0.2, 0.25) is 0 Å². The van der Waals surface area contributed by atoms with Crippen molar-refractivity contribution < 1.29 is 4.79 Å². The second-order valence-corrected chi connectivity index (χ2v) is 6.12. The van der Waals surface area contributed by atoms with Crippen LogP contribution in [0.1, 0.15) is 18.5 Å². The lowest BCUT2D eigenvalue weighted by molar-refractivity contribution is 0.215. The smallest absolute Gasteiger partial charge is 0.320 e. The van der Waals surface area contributed by atoms with Gasteiger partial charge in [0.15, 0.2) is 0 Å². The molecule has 1 aromatic heterocycles. The molecule has 1 aliphatic heterocycles. The molecular formula is C18H16N4O. The predicted octanol–water partition coefficient (Wildman–Crippen LogP) is 2.53. The highest BCUT2D eigenvalue weighted by atomic mass is 16.2. The predicted molar refractivity (Wildman–Crippen MR) is 87.9 cm³/mol. The van der Waals surface area contributed by atoms with Gasteiger partial charge in [-0.25, -0.2) is 14.8 Å². The molecule has 114 valence electrons. The third-order valence-electron chi connectivity index (χ3n) is 4.65. The minimum absolute atomic E-state index is 0.0204. The average molecular weight is 304 g/mol. The van der Waals surface area contributed by atoms with E-state index in [1.54, 1.807) is 22.1 Å². The third kappa shape index (κ3) is 2.33. The quantitative estimate of drug-likeness (QED) is 0.649. The Morgan fingerprint density at radius 2 is 2.00 bits per heavy atom. The summed E-state index contributed by atoms with van der Waals surface area (Å²) in [6, 6.07) is 10.1. The van der Waals surface area contributed by atoms with Crippen molar-refractivity contribution in [1.29, 1.82) is 0 Å². The van der Waals surface area contributed by atoms with Gasteiger partial charge in [0.1, 0.15) is 5.69 Å². The molecule has 0 unspecified atom stereocenters. The monoisotopic (exact) mass is 304 g/mol. The fraction of sp³-hybridized carbons (Fsp3) is 0.278. The van der Waals surface area contributed by atoms with Gasteiger partial charge < -0.3 is 4.90 Å². The molecule has 5 heteroatoms. The second kappa shape index (κ2) is 4.82. The first-order valence-corrected chi connectivity index (χ1v) is 7.58. The summed E-state index contributed by atoms with van der Waals surface area (Å²) in [7, 11) is 1.83. The molecule has 3 aliphatic carbocycles. The summed E-state index contributed by atoms with van der Waals surface area (Å²) in [4.78, 5) is 23.8. The van der Waals surface area contributed by atoms with Gasteiger partial charge in [-0.15, -0.1) is 6.42 Å². The summed E-state index contributed by atoms with van der Waals surface area (Å²) in [6.45, 7) is 0.663. The van der Waals surface area contributed by atoms with Crippen molar-refractivity contribution in [2.24, 2.45) is 0 Å². The first-order chi connectivity index (χ1) is 11.1. The van der Waals surface area contributed by atoms with Gasteiger partial charge in [-0.1, -0.05) is 24.1 Å². The van der Waals surface area contributed by atoms with E-state index >= 15 is 0 Å². The molecular weight excluding hydrogens is 288 g/mol. The van der Waals surface area contributed by atoms with E-state index in [1.807, 2.05) is 7.05 Å². The Labute approximate surface area is 135 Å². The third-order valence-corrected chi connectivity index (χ3v) is 4.65. The van der Waals surface area contributed by atoms with E-state index in [2.05, 4.69) is 40.2 Å². The Hall–Kier alpha value is -2.87. The summed E-state index contributed by atoms with van der Waals surface area (Å²) < 4.78 is 0. The lowest BCUT2D eigenvalue weighted by Gasteiger charge is -2.15. The molecule has 0 radical (unpaired) electrons. The number of carbonyl (C=O) groups is 1. The van der Waals surface area contributed by atoms with Crippen molar-refractivity contribution in [2.45, 2.75) is 18.4 Å². The molecule has 1 spiro atoms. The van der Waals surface area contributed by atoms with Crippen molar-refractivity contribution in [3.63, 3.8) is 0 Å². The SMILES string of the molecule is C#Cc1ccnc(N2CC3(CC3)N(C)C2=O)n1.c1cc2cc-2c1. The first kappa shape index (κ1) is 13.8. The zero-order chi connectivity index (χ0) is 16.0. The summed E-state index contributed by atoms with van der Waals surface area (Å²) in [5.74, 6) is 2.85. The van der Waals surface area contributed by atoms with E-state index in [1.165, 1.54) is 11.1 Å². The van der Waals surface area contributed by atoms with Crippen LogP contribution >= 0.6 is 0 Å². The molecule has 5 rings (SSSR count). The van der Waals surface area contributed by atoms with Gasteiger partial charge in [0.2, 0.25) is 5.95 Å². The minimum Gasteiger partial charge on any atom is -0.320 e. The molecule has 2 fully saturated rings. The van der Waals surface area contributed by atoms with Crippen LogP contribution in [0.3, 0.4) is 0 Å². The molecule has 0 aromatic carbocycles. The standard InChI is InChI=1S/C12H12N4O.C6H4/c1-3-9-4-7-13-10(14-9)16-8-12(5-6-12)15(2)11(16)17;1-2-5-4-6(5)3-1/h1,4,7H,5-6,8H2,2H3;1-4H. The highest BCUT2D eigenvalue weighted by molar-refractivity contribution is 5.94. The molecule has 2 heterocycles. The highest BCUT2D eigenvalue weighted by Crippen LogP contribution is 2.46. The minimum atomic E-state index is -0.0447. The highest BCUT2D eigenvalue weighted by Gasteiger charge is 2.56.